The molecule has 0 bridgehead atoms. The van der Waals surface area contributed by atoms with Crippen molar-refractivity contribution in [1.29, 1.82) is 0 Å². The highest BCUT2D eigenvalue weighted by Gasteiger charge is 2.22. The first kappa shape index (κ1) is 22.7. The number of carbonyl (C=O) groups excluding carboxylic acids is 1. The van der Waals surface area contributed by atoms with Crippen LogP contribution in [0.15, 0.2) is 54.9 Å². The molecular formula is C25H25ClN4O3S. The molecule has 176 valence electrons. The minimum Gasteiger partial charge on any atom is -0.485 e. The molecule has 4 aromatic rings. The van der Waals surface area contributed by atoms with Gasteiger partial charge in [0.15, 0.2) is 0 Å². The topological polar surface area (TPSA) is 93.1 Å². The molecule has 0 radical (unpaired) electrons. The van der Waals surface area contributed by atoms with Gasteiger partial charge in [-0.2, -0.15) is 0 Å². The standard InChI is InChI=1S/C25H25ClN4O3S/c1-15(18-4-2-3-5-19(18)26)33-21-10-22(34-23(21)11-24(27)32)20-12-28-25-7-6-16(13-30(20)25)29-9-8-17(31)14-29/h2-7,10,12-13,15,17,31H,8-9,11,14H2,1H3,(H2,27,32)/t15-,17?/m1/s1. The van der Waals surface area contributed by atoms with E-state index in [4.69, 9.17) is 22.1 Å². The number of nitrogens with two attached hydrogens (primary N) is 1. The Labute approximate surface area is 206 Å². The highest BCUT2D eigenvalue weighted by atomic mass is 35.5. The highest BCUT2D eigenvalue weighted by Crippen LogP contribution is 2.40. The Kier molecular flexibility index (Phi) is 6.20. The number of hydrogen-bond acceptors (Lipinski definition) is 6. The van der Waals surface area contributed by atoms with E-state index in [9.17, 15) is 9.90 Å². The molecule has 3 aromatic heterocycles. The van der Waals surface area contributed by atoms with E-state index in [1.165, 1.54) is 11.3 Å². The summed E-state index contributed by atoms with van der Waals surface area (Å²) in [5, 5.41) is 10.6. The second-order valence-corrected chi connectivity index (χ2v) is 10.0. The van der Waals surface area contributed by atoms with Gasteiger partial charge >= 0.3 is 0 Å². The number of fused-ring (bicyclic) bond motifs is 1. The molecule has 1 aliphatic rings. The van der Waals surface area contributed by atoms with Crippen LogP contribution in [0.4, 0.5) is 5.69 Å². The van der Waals surface area contributed by atoms with Crippen molar-refractivity contribution in [3.8, 4) is 16.3 Å². The number of benzene rings is 1. The van der Waals surface area contributed by atoms with Gasteiger partial charge in [-0.05, 0) is 31.5 Å². The quantitative estimate of drug-likeness (QED) is 0.394. The molecule has 3 N–H and O–H groups in total. The summed E-state index contributed by atoms with van der Waals surface area (Å²) in [6.07, 6.45) is 4.10. The molecule has 1 unspecified atom stereocenters. The molecule has 5 rings (SSSR count). The zero-order chi connectivity index (χ0) is 23.8. The summed E-state index contributed by atoms with van der Waals surface area (Å²) in [5.74, 6) is 0.191. The fourth-order valence-corrected chi connectivity index (χ4v) is 5.69. The summed E-state index contributed by atoms with van der Waals surface area (Å²) in [4.78, 5) is 20.2. The van der Waals surface area contributed by atoms with Crippen molar-refractivity contribution < 1.29 is 14.6 Å². The van der Waals surface area contributed by atoms with E-state index in [1.807, 2.05) is 66.2 Å². The smallest absolute Gasteiger partial charge is 0.222 e. The number of anilines is 1. The van der Waals surface area contributed by atoms with Gasteiger partial charge in [0.2, 0.25) is 5.91 Å². The van der Waals surface area contributed by atoms with Crippen molar-refractivity contribution in [2.75, 3.05) is 18.0 Å². The van der Waals surface area contributed by atoms with Crippen LogP contribution in [0.3, 0.4) is 0 Å². The van der Waals surface area contributed by atoms with Crippen molar-refractivity contribution >= 4 is 40.2 Å². The Morgan fingerprint density at radius 2 is 2.18 bits per heavy atom. The fourth-order valence-electron chi connectivity index (χ4n) is 4.29. The fraction of sp³-hybridized carbons (Fsp3) is 0.280. The lowest BCUT2D eigenvalue weighted by atomic mass is 10.1. The van der Waals surface area contributed by atoms with Gasteiger partial charge < -0.3 is 20.5 Å². The minimum atomic E-state index is -0.420. The molecule has 0 spiro atoms. The van der Waals surface area contributed by atoms with E-state index in [-0.39, 0.29) is 18.6 Å². The van der Waals surface area contributed by atoms with Crippen molar-refractivity contribution in [3.05, 3.63) is 70.3 Å². The number of carbonyl (C=O) groups is 1. The number of β-amino-alcohol motifs (C(OH)–C–C–N with tert-alkyl or cyclic N) is 1. The molecule has 1 saturated heterocycles. The second-order valence-electron chi connectivity index (χ2n) is 8.47. The first-order valence-electron chi connectivity index (χ1n) is 11.1. The van der Waals surface area contributed by atoms with E-state index in [0.717, 1.165) is 45.3 Å². The van der Waals surface area contributed by atoms with Gasteiger partial charge in [-0.1, -0.05) is 29.8 Å². The number of thiophene rings is 1. The summed E-state index contributed by atoms with van der Waals surface area (Å²) in [6.45, 7) is 3.36. The Bertz CT molecular complexity index is 1350. The van der Waals surface area contributed by atoms with Gasteiger partial charge in [-0.3, -0.25) is 9.20 Å². The number of aromatic nitrogens is 2. The van der Waals surface area contributed by atoms with Crippen molar-refractivity contribution in [3.63, 3.8) is 0 Å². The Balaban J connectivity index is 1.50. The van der Waals surface area contributed by atoms with Crippen LogP contribution in [0, 0.1) is 0 Å². The van der Waals surface area contributed by atoms with Crippen LogP contribution in [0.5, 0.6) is 5.75 Å². The Morgan fingerprint density at radius 1 is 1.35 bits per heavy atom. The van der Waals surface area contributed by atoms with E-state index < -0.39 is 5.91 Å². The third-order valence-electron chi connectivity index (χ3n) is 6.02. The molecule has 34 heavy (non-hydrogen) atoms. The first-order chi connectivity index (χ1) is 16.4. The third-order valence-corrected chi connectivity index (χ3v) is 7.51. The number of aliphatic hydroxyl groups excluding tert-OH is 1. The summed E-state index contributed by atoms with van der Waals surface area (Å²) in [7, 11) is 0. The van der Waals surface area contributed by atoms with Gasteiger partial charge in [0, 0.05) is 35.9 Å². The average Bonchev–Trinajstić information content (AvgIpc) is 3.52. The molecule has 1 amide bonds. The van der Waals surface area contributed by atoms with Gasteiger partial charge in [0.05, 0.1) is 39.9 Å². The molecule has 9 heteroatoms. The van der Waals surface area contributed by atoms with Gasteiger partial charge in [-0.25, -0.2) is 4.98 Å². The van der Waals surface area contributed by atoms with Crippen LogP contribution in [-0.2, 0) is 11.2 Å². The van der Waals surface area contributed by atoms with Crippen LogP contribution in [0.2, 0.25) is 5.02 Å². The maximum absolute atomic E-state index is 11.8. The van der Waals surface area contributed by atoms with Gasteiger partial charge in [-0.15, -0.1) is 11.3 Å². The third kappa shape index (κ3) is 4.49. The number of imidazole rings is 1. The van der Waals surface area contributed by atoms with E-state index in [1.54, 1.807) is 0 Å². The maximum Gasteiger partial charge on any atom is 0.222 e. The molecule has 7 nitrogen and oxygen atoms in total. The number of pyridine rings is 1. The summed E-state index contributed by atoms with van der Waals surface area (Å²) in [6, 6.07) is 13.5. The molecule has 1 aromatic carbocycles. The number of ether oxygens (including phenoxy) is 1. The van der Waals surface area contributed by atoms with Gasteiger partial charge in [0.1, 0.15) is 17.5 Å². The van der Waals surface area contributed by atoms with E-state index in [2.05, 4.69) is 9.88 Å². The number of nitrogens with zero attached hydrogens (tertiary/aromatic N) is 3. The summed E-state index contributed by atoms with van der Waals surface area (Å²) >= 11 is 7.82. The predicted molar refractivity (Wildman–Crippen MR) is 135 cm³/mol. The lowest BCUT2D eigenvalue weighted by molar-refractivity contribution is -0.117. The molecular weight excluding hydrogens is 472 g/mol. The Hall–Kier alpha value is -3.07. The van der Waals surface area contributed by atoms with Crippen LogP contribution >= 0.6 is 22.9 Å². The Morgan fingerprint density at radius 3 is 2.91 bits per heavy atom. The molecule has 0 aliphatic carbocycles. The van der Waals surface area contributed by atoms with Crippen molar-refractivity contribution in [1.82, 2.24) is 9.38 Å². The average molecular weight is 497 g/mol. The van der Waals surface area contributed by atoms with Crippen LogP contribution < -0.4 is 15.4 Å². The predicted octanol–water partition coefficient (Wildman–Crippen LogP) is 4.46. The summed E-state index contributed by atoms with van der Waals surface area (Å²) in [5.41, 5.74) is 9.14. The first-order valence-corrected chi connectivity index (χ1v) is 12.3. The van der Waals surface area contributed by atoms with Gasteiger partial charge in [0.25, 0.3) is 0 Å². The van der Waals surface area contributed by atoms with Crippen molar-refractivity contribution in [2.45, 2.75) is 32.0 Å². The molecule has 0 saturated carbocycles. The SMILES string of the molecule is C[C@@H](Oc1cc(-c2cnc3ccc(N4CCC(O)C4)cn23)sc1CC(N)=O)c1ccccc1Cl. The molecule has 1 fully saturated rings. The van der Waals surface area contributed by atoms with Crippen LogP contribution in [0.25, 0.3) is 16.2 Å². The maximum atomic E-state index is 11.8. The lowest BCUT2D eigenvalue weighted by Gasteiger charge is -2.18. The number of amides is 1. The number of rotatable bonds is 7. The number of halogens is 1. The lowest BCUT2D eigenvalue weighted by Crippen LogP contribution is -2.21. The zero-order valence-electron chi connectivity index (χ0n) is 18.6. The number of aliphatic hydroxyl groups is 1. The molecule has 4 heterocycles. The number of hydrogen-bond donors (Lipinski definition) is 2. The zero-order valence-corrected chi connectivity index (χ0v) is 20.2. The highest BCUT2D eigenvalue weighted by molar-refractivity contribution is 7.15. The van der Waals surface area contributed by atoms with Crippen LogP contribution in [-0.4, -0.2) is 39.6 Å². The van der Waals surface area contributed by atoms with Crippen LogP contribution in [0.1, 0.15) is 29.9 Å². The molecule has 2 atom stereocenters. The largest absolute Gasteiger partial charge is 0.485 e. The summed E-state index contributed by atoms with van der Waals surface area (Å²) < 4.78 is 8.30. The second kappa shape index (κ2) is 9.29. The monoisotopic (exact) mass is 496 g/mol. The molecule has 1 aliphatic heterocycles. The number of primary amides is 1. The van der Waals surface area contributed by atoms with Crippen molar-refractivity contribution in [2.24, 2.45) is 5.73 Å². The minimum absolute atomic E-state index is 0.0862. The normalized spacial score (nSPS) is 16.8. The van der Waals surface area contributed by atoms with E-state index in [0.29, 0.717) is 17.3 Å². The van der Waals surface area contributed by atoms with E-state index >= 15 is 0 Å².